The molecule has 0 aromatic heterocycles. The molecule has 3 fully saturated rings. The third kappa shape index (κ3) is 4.65. The molecule has 34 heavy (non-hydrogen) atoms. The molecule has 2 aromatic rings. The van der Waals surface area contributed by atoms with Crippen molar-refractivity contribution in [3.05, 3.63) is 77.9 Å². The average molecular weight is 460 g/mol. The fraction of sp³-hybridized carbons (Fsp3) is 0.500. The van der Waals surface area contributed by atoms with Gasteiger partial charge in [0.05, 0.1) is 13.0 Å². The maximum absolute atomic E-state index is 13.2. The van der Waals surface area contributed by atoms with E-state index in [0.717, 1.165) is 44.6 Å². The molecule has 3 aliphatic rings. The van der Waals surface area contributed by atoms with Crippen LogP contribution in [-0.4, -0.2) is 30.6 Å². The van der Waals surface area contributed by atoms with Gasteiger partial charge in [0.15, 0.2) is 0 Å². The number of rotatable bonds is 7. The maximum Gasteiger partial charge on any atom is 0.310 e. The number of hydrogen-bond acceptors (Lipinski definition) is 4. The summed E-state index contributed by atoms with van der Waals surface area (Å²) in [7, 11) is 1.69. The number of ether oxygens (including phenoxy) is 2. The normalized spacial score (nSPS) is 30.6. The van der Waals surface area contributed by atoms with E-state index in [4.69, 9.17) is 9.47 Å². The highest BCUT2D eigenvalue weighted by atomic mass is 16.6. The second kappa shape index (κ2) is 9.58. The van der Waals surface area contributed by atoms with E-state index >= 15 is 0 Å². The lowest BCUT2D eigenvalue weighted by Gasteiger charge is -2.50. The first kappa shape index (κ1) is 23.2. The predicted octanol–water partition coefficient (Wildman–Crippen LogP) is 6.01. The Labute approximate surface area is 203 Å². The van der Waals surface area contributed by atoms with Crippen LogP contribution in [0.25, 0.3) is 0 Å². The van der Waals surface area contributed by atoms with E-state index in [1.165, 1.54) is 29.5 Å². The molecule has 2 saturated carbocycles. The fourth-order valence-corrected chi connectivity index (χ4v) is 6.76. The smallest absolute Gasteiger partial charge is 0.310 e. The van der Waals surface area contributed by atoms with Crippen LogP contribution in [0.1, 0.15) is 50.2 Å². The van der Waals surface area contributed by atoms with Crippen molar-refractivity contribution >= 4 is 5.97 Å². The second-order valence-corrected chi connectivity index (χ2v) is 10.9. The zero-order valence-electron chi connectivity index (χ0n) is 20.5. The molecule has 2 aliphatic carbocycles. The third-order valence-corrected chi connectivity index (χ3v) is 8.59. The van der Waals surface area contributed by atoms with Gasteiger partial charge in [-0.3, -0.25) is 9.69 Å². The van der Waals surface area contributed by atoms with Crippen molar-refractivity contribution in [1.29, 1.82) is 0 Å². The molecule has 1 saturated heterocycles. The van der Waals surface area contributed by atoms with Crippen LogP contribution in [0.3, 0.4) is 0 Å². The average Bonchev–Trinajstić information content (AvgIpc) is 3.12. The van der Waals surface area contributed by atoms with E-state index in [9.17, 15) is 4.79 Å². The second-order valence-electron chi connectivity index (χ2n) is 10.9. The topological polar surface area (TPSA) is 38.8 Å². The molecule has 2 aromatic carbocycles. The molecule has 0 bridgehead atoms. The number of benzene rings is 2. The van der Waals surface area contributed by atoms with Gasteiger partial charge < -0.3 is 9.47 Å². The summed E-state index contributed by atoms with van der Waals surface area (Å²) in [6, 6.07) is 18.8. The Hall–Kier alpha value is -2.59. The van der Waals surface area contributed by atoms with Crippen LogP contribution in [-0.2, 0) is 22.6 Å². The first-order valence-electron chi connectivity index (χ1n) is 12.7. The number of esters is 1. The molecule has 4 heteroatoms. The van der Waals surface area contributed by atoms with E-state index in [1.807, 2.05) is 18.2 Å². The fourth-order valence-electron chi connectivity index (χ4n) is 6.76. The van der Waals surface area contributed by atoms with Gasteiger partial charge in [-0.1, -0.05) is 61.5 Å². The van der Waals surface area contributed by atoms with Crippen molar-refractivity contribution < 1.29 is 14.3 Å². The number of carbonyl (C=O) groups excluding carboxylic acids is 1. The maximum atomic E-state index is 13.2. The first-order valence-corrected chi connectivity index (χ1v) is 12.7. The standard InChI is InChI=1S/C30H37NO3/c1-21-8-7-15-30(2)17-28-25(16-27(21)30)26(29(32)34-28)20-31(18-22-9-5-4-6-10-22)19-23-11-13-24(33-3)14-12-23/h4-6,9-14,25-28H,1,7-8,15-20H2,2-3H3/t25-,26?,27?,28-,30-/m1/s1. The molecule has 5 rings (SSSR count). The molecule has 0 amide bonds. The lowest BCUT2D eigenvalue weighted by atomic mass is 9.55. The Balaban J connectivity index is 1.36. The van der Waals surface area contributed by atoms with Crippen LogP contribution >= 0.6 is 0 Å². The van der Waals surface area contributed by atoms with Crippen molar-refractivity contribution in [2.75, 3.05) is 13.7 Å². The molecule has 1 aliphatic heterocycles. The highest BCUT2D eigenvalue weighted by Crippen LogP contribution is 2.57. The summed E-state index contributed by atoms with van der Waals surface area (Å²) in [5, 5.41) is 0. The van der Waals surface area contributed by atoms with E-state index in [0.29, 0.717) is 5.92 Å². The van der Waals surface area contributed by atoms with Crippen molar-refractivity contribution in [2.24, 2.45) is 23.2 Å². The minimum Gasteiger partial charge on any atom is -0.497 e. The van der Waals surface area contributed by atoms with Crippen LogP contribution in [0.4, 0.5) is 0 Å². The highest BCUT2D eigenvalue weighted by molar-refractivity contribution is 5.75. The van der Waals surface area contributed by atoms with Crippen LogP contribution in [0.2, 0.25) is 0 Å². The van der Waals surface area contributed by atoms with Gasteiger partial charge in [-0.25, -0.2) is 0 Å². The van der Waals surface area contributed by atoms with Crippen molar-refractivity contribution in [1.82, 2.24) is 4.90 Å². The number of hydrogen-bond donors (Lipinski definition) is 0. The number of allylic oxidation sites excluding steroid dienone is 1. The summed E-state index contributed by atoms with van der Waals surface area (Å²) in [5.41, 5.74) is 4.11. The Morgan fingerprint density at radius 2 is 1.79 bits per heavy atom. The SMILES string of the molecule is C=C1CCC[C@]2(C)C[C@H]3OC(=O)C(CN(Cc4ccccc4)Cc4ccc(OC)cc4)[C@H]3CC12. The molecule has 5 atom stereocenters. The molecule has 2 unspecified atom stereocenters. The van der Waals surface area contributed by atoms with Crippen molar-refractivity contribution in [2.45, 2.75) is 58.2 Å². The van der Waals surface area contributed by atoms with Gasteiger partial charge >= 0.3 is 5.97 Å². The molecular weight excluding hydrogens is 422 g/mol. The zero-order valence-corrected chi connectivity index (χ0v) is 20.5. The minimum atomic E-state index is -0.0776. The Morgan fingerprint density at radius 1 is 1.09 bits per heavy atom. The Bertz CT molecular complexity index is 1020. The number of fused-ring (bicyclic) bond motifs is 2. The largest absolute Gasteiger partial charge is 0.497 e. The molecule has 1 heterocycles. The predicted molar refractivity (Wildman–Crippen MR) is 134 cm³/mol. The van der Waals surface area contributed by atoms with Gasteiger partial charge in [-0.15, -0.1) is 0 Å². The molecule has 0 N–H and O–H groups in total. The van der Waals surface area contributed by atoms with Crippen molar-refractivity contribution in [3.8, 4) is 5.75 Å². The lowest BCUT2D eigenvalue weighted by Crippen LogP contribution is -2.45. The van der Waals surface area contributed by atoms with Gasteiger partial charge in [0.1, 0.15) is 11.9 Å². The molecular formula is C30H37NO3. The van der Waals surface area contributed by atoms with E-state index in [-0.39, 0.29) is 29.3 Å². The number of nitrogens with zero attached hydrogens (tertiary/aromatic N) is 1. The molecule has 0 spiro atoms. The molecule has 0 radical (unpaired) electrons. The van der Waals surface area contributed by atoms with E-state index in [1.54, 1.807) is 7.11 Å². The summed E-state index contributed by atoms with van der Waals surface area (Å²) in [4.78, 5) is 15.6. The number of carbonyl (C=O) groups is 1. The summed E-state index contributed by atoms with van der Waals surface area (Å²) in [5.74, 6) is 1.58. The molecule has 4 nitrogen and oxygen atoms in total. The van der Waals surface area contributed by atoms with Crippen LogP contribution in [0.15, 0.2) is 66.7 Å². The van der Waals surface area contributed by atoms with Gasteiger partial charge in [-0.2, -0.15) is 0 Å². The summed E-state index contributed by atoms with van der Waals surface area (Å²) < 4.78 is 11.4. The Kier molecular flexibility index (Phi) is 6.52. The van der Waals surface area contributed by atoms with Gasteiger partial charge in [0.2, 0.25) is 0 Å². The van der Waals surface area contributed by atoms with Gasteiger partial charge in [0.25, 0.3) is 0 Å². The van der Waals surface area contributed by atoms with Gasteiger partial charge in [-0.05, 0) is 66.7 Å². The summed E-state index contributed by atoms with van der Waals surface area (Å²) in [6.07, 6.45) is 5.66. The molecule has 180 valence electrons. The summed E-state index contributed by atoms with van der Waals surface area (Å²) in [6.45, 7) is 9.15. The van der Waals surface area contributed by atoms with Crippen LogP contribution in [0.5, 0.6) is 5.75 Å². The third-order valence-electron chi connectivity index (χ3n) is 8.59. The zero-order chi connectivity index (χ0) is 23.7. The van der Waals surface area contributed by atoms with Crippen molar-refractivity contribution in [3.63, 3.8) is 0 Å². The van der Waals surface area contributed by atoms with E-state index < -0.39 is 0 Å². The minimum absolute atomic E-state index is 0.00403. The van der Waals surface area contributed by atoms with E-state index in [2.05, 4.69) is 54.8 Å². The van der Waals surface area contributed by atoms with Crippen LogP contribution in [0, 0.1) is 23.2 Å². The quantitative estimate of drug-likeness (QED) is 0.375. The highest BCUT2D eigenvalue weighted by Gasteiger charge is 2.55. The Morgan fingerprint density at radius 3 is 2.50 bits per heavy atom. The summed E-state index contributed by atoms with van der Waals surface area (Å²) >= 11 is 0. The van der Waals surface area contributed by atoms with Gasteiger partial charge in [0, 0.05) is 25.6 Å². The number of methoxy groups -OCH3 is 1. The van der Waals surface area contributed by atoms with Crippen LogP contribution < -0.4 is 4.74 Å². The lowest BCUT2D eigenvalue weighted by molar-refractivity contribution is -0.146. The monoisotopic (exact) mass is 459 g/mol. The first-order chi connectivity index (χ1) is 16.4.